The van der Waals surface area contributed by atoms with E-state index in [9.17, 15) is 22.4 Å². The number of rotatable bonds is 7. The highest BCUT2D eigenvalue weighted by Gasteiger charge is 2.37. The molecule has 1 saturated carbocycles. The van der Waals surface area contributed by atoms with Gasteiger partial charge in [0.2, 0.25) is 5.91 Å². The van der Waals surface area contributed by atoms with Gasteiger partial charge in [0.25, 0.3) is 0 Å². The first-order chi connectivity index (χ1) is 14.7. The minimum Gasteiger partial charge on any atom is -0.308 e. The summed E-state index contributed by atoms with van der Waals surface area (Å²) in [4.78, 5) is 12.3. The number of nitrogens with one attached hydrogen (secondary N) is 1. The van der Waals surface area contributed by atoms with Crippen molar-refractivity contribution in [2.24, 2.45) is 0 Å². The van der Waals surface area contributed by atoms with E-state index in [1.165, 1.54) is 27.7 Å². The molecule has 4 rings (SSSR count). The molecule has 3 aromatic rings. The second-order valence-corrected chi connectivity index (χ2v) is 7.81. The Kier molecular flexibility index (Phi) is 5.74. The van der Waals surface area contributed by atoms with E-state index in [-0.39, 0.29) is 42.1 Å². The minimum absolute atomic E-state index is 0.00929. The fourth-order valence-electron chi connectivity index (χ4n) is 3.24. The maximum Gasteiger partial charge on any atom is 0.435 e. The van der Waals surface area contributed by atoms with Crippen LogP contribution in [0.25, 0.3) is 0 Å². The van der Waals surface area contributed by atoms with Gasteiger partial charge in [0.15, 0.2) is 11.5 Å². The number of aryl methyl sites for hydroxylation is 1. The summed E-state index contributed by atoms with van der Waals surface area (Å²) in [5.41, 5.74) is 0.218. The fraction of sp³-hybridized carbons (Fsp3) is 0.350. The molecule has 1 aromatic carbocycles. The van der Waals surface area contributed by atoms with Crippen LogP contribution >= 0.6 is 11.6 Å². The van der Waals surface area contributed by atoms with E-state index >= 15 is 0 Å². The molecule has 0 bridgehead atoms. The largest absolute Gasteiger partial charge is 0.435 e. The molecule has 0 unspecified atom stereocenters. The predicted molar refractivity (Wildman–Crippen MR) is 105 cm³/mol. The molecule has 1 fully saturated rings. The Morgan fingerprint density at radius 2 is 2.00 bits per heavy atom. The van der Waals surface area contributed by atoms with Gasteiger partial charge in [-0.15, -0.1) is 0 Å². The molecular weight excluding hydrogens is 438 g/mol. The van der Waals surface area contributed by atoms with Gasteiger partial charge in [-0.3, -0.25) is 14.2 Å². The lowest BCUT2D eigenvalue weighted by molar-refractivity contribution is -0.141. The number of hydrogen-bond acceptors (Lipinski definition) is 3. The zero-order valence-corrected chi connectivity index (χ0v) is 16.9. The first-order valence-electron chi connectivity index (χ1n) is 9.61. The average molecular weight is 456 g/mol. The number of hydrogen-bond donors (Lipinski definition) is 1. The van der Waals surface area contributed by atoms with Crippen LogP contribution < -0.4 is 5.32 Å². The SMILES string of the molecule is O=C(CCn1nc(C(F)(F)F)cc1C1CC1)Nc1nn(Cc2cccc(F)c2)cc1Cl. The highest BCUT2D eigenvalue weighted by atomic mass is 35.5. The Bertz CT molecular complexity index is 1100. The summed E-state index contributed by atoms with van der Waals surface area (Å²) in [7, 11) is 0. The van der Waals surface area contributed by atoms with Crippen LogP contribution in [0.4, 0.5) is 23.4 Å². The Morgan fingerprint density at radius 1 is 1.23 bits per heavy atom. The van der Waals surface area contributed by atoms with Crippen LogP contribution in [0.15, 0.2) is 36.5 Å². The van der Waals surface area contributed by atoms with Gasteiger partial charge < -0.3 is 5.32 Å². The number of amides is 1. The molecule has 0 atom stereocenters. The van der Waals surface area contributed by atoms with Crippen LogP contribution in [0.5, 0.6) is 0 Å². The molecule has 6 nitrogen and oxygen atoms in total. The van der Waals surface area contributed by atoms with Crippen LogP contribution in [-0.2, 0) is 24.1 Å². The van der Waals surface area contributed by atoms with Crippen molar-refractivity contribution in [1.82, 2.24) is 19.6 Å². The molecule has 0 saturated heterocycles. The van der Waals surface area contributed by atoms with Crippen molar-refractivity contribution in [3.8, 4) is 0 Å². The van der Waals surface area contributed by atoms with Crippen LogP contribution in [0, 0.1) is 5.82 Å². The molecule has 0 aliphatic heterocycles. The van der Waals surface area contributed by atoms with Gasteiger partial charge in [-0.1, -0.05) is 23.7 Å². The maximum absolute atomic E-state index is 13.3. The third-order valence-corrected chi connectivity index (χ3v) is 5.13. The first kappa shape index (κ1) is 21.4. The molecule has 1 aliphatic carbocycles. The summed E-state index contributed by atoms with van der Waals surface area (Å²) in [5, 5.41) is 10.6. The molecule has 2 heterocycles. The summed E-state index contributed by atoms with van der Waals surface area (Å²) < 4.78 is 55.0. The molecular formula is C20H18ClF4N5O. The summed E-state index contributed by atoms with van der Waals surface area (Å²) >= 11 is 6.12. The van der Waals surface area contributed by atoms with Gasteiger partial charge >= 0.3 is 6.18 Å². The van der Waals surface area contributed by atoms with Gasteiger partial charge in [0.1, 0.15) is 10.8 Å². The van der Waals surface area contributed by atoms with Crippen molar-refractivity contribution < 1.29 is 22.4 Å². The Morgan fingerprint density at radius 3 is 2.68 bits per heavy atom. The van der Waals surface area contributed by atoms with E-state index in [1.54, 1.807) is 12.1 Å². The highest BCUT2D eigenvalue weighted by Crippen LogP contribution is 2.42. The van der Waals surface area contributed by atoms with E-state index in [0.717, 1.165) is 18.9 Å². The molecule has 0 spiro atoms. The van der Waals surface area contributed by atoms with Gasteiger partial charge in [0, 0.05) is 30.8 Å². The molecule has 1 amide bonds. The van der Waals surface area contributed by atoms with Gasteiger partial charge in [-0.05, 0) is 36.6 Å². The molecule has 11 heteroatoms. The van der Waals surface area contributed by atoms with Crippen molar-refractivity contribution in [3.05, 3.63) is 64.3 Å². The van der Waals surface area contributed by atoms with Crippen LogP contribution in [-0.4, -0.2) is 25.5 Å². The molecule has 164 valence electrons. The molecule has 2 aromatic heterocycles. The third kappa shape index (κ3) is 5.25. The zero-order chi connectivity index (χ0) is 22.2. The lowest BCUT2D eigenvalue weighted by atomic mass is 10.2. The maximum atomic E-state index is 13.3. The predicted octanol–water partition coefficient (Wildman–Crippen LogP) is 4.85. The summed E-state index contributed by atoms with van der Waals surface area (Å²) in [6.07, 6.45) is -1.50. The van der Waals surface area contributed by atoms with E-state index in [0.29, 0.717) is 11.3 Å². The van der Waals surface area contributed by atoms with Gasteiger partial charge in [0.05, 0.1) is 6.54 Å². The van der Waals surface area contributed by atoms with Crippen molar-refractivity contribution >= 4 is 23.3 Å². The van der Waals surface area contributed by atoms with Crippen molar-refractivity contribution in [1.29, 1.82) is 0 Å². The van der Waals surface area contributed by atoms with Crippen LogP contribution in [0.1, 0.15) is 42.1 Å². The first-order valence-corrected chi connectivity index (χ1v) is 9.99. The van der Waals surface area contributed by atoms with E-state index < -0.39 is 17.8 Å². The van der Waals surface area contributed by atoms with Crippen LogP contribution in [0.3, 0.4) is 0 Å². The number of anilines is 1. The number of aromatic nitrogens is 4. The molecule has 1 aliphatic rings. The van der Waals surface area contributed by atoms with E-state index in [2.05, 4.69) is 15.5 Å². The van der Waals surface area contributed by atoms with Crippen molar-refractivity contribution in [3.63, 3.8) is 0 Å². The van der Waals surface area contributed by atoms with Crippen LogP contribution in [0.2, 0.25) is 5.02 Å². The number of halogens is 5. The smallest absolute Gasteiger partial charge is 0.308 e. The molecule has 31 heavy (non-hydrogen) atoms. The number of nitrogens with zero attached hydrogens (tertiary/aromatic N) is 4. The number of alkyl halides is 3. The standard InChI is InChI=1S/C20H18ClF4N5O/c21-15-11-29(10-12-2-1-3-14(22)8-12)28-19(15)26-18(31)6-7-30-16(13-4-5-13)9-17(27-30)20(23,24)25/h1-3,8-9,11,13H,4-7,10H2,(H,26,28,31). The third-order valence-electron chi connectivity index (χ3n) is 4.86. The lowest BCUT2D eigenvalue weighted by Crippen LogP contribution is -2.17. The van der Waals surface area contributed by atoms with E-state index in [4.69, 9.17) is 11.6 Å². The summed E-state index contributed by atoms with van der Waals surface area (Å²) in [6.45, 7) is 0.265. The highest BCUT2D eigenvalue weighted by molar-refractivity contribution is 6.33. The van der Waals surface area contributed by atoms with Gasteiger partial charge in [-0.2, -0.15) is 23.4 Å². The lowest BCUT2D eigenvalue weighted by Gasteiger charge is -2.07. The van der Waals surface area contributed by atoms with Gasteiger partial charge in [-0.25, -0.2) is 4.39 Å². The Balaban J connectivity index is 1.38. The number of benzene rings is 1. The topological polar surface area (TPSA) is 64.7 Å². The molecule has 1 N–H and O–H groups in total. The monoisotopic (exact) mass is 455 g/mol. The minimum atomic E-state index is -4.53. The van der Waals surface area contributed by atoms with Crippen molar-refractivity contribution in [2.45, 2.75) is 44.4 Å². The molecule has 0 radical (unpaired) electrons. The second kappa shape index (κ2) is 8.33. The summed E-state index contributed by atoms with van der Waals surface area (Å²) in [6, 6.07) is 7.06. The fourth-order valence-corrected chi connectivity index (χ4v) is 3.44. The normalized spacial score (nSPS) is 14.1. The second-order valence-electron chi connectivity index (χ2n) is 7.40. The zero-order valence-electron chi connectivity index (χ0n) is 16.2. The Labute approximate surface area is 179 Å². The number of carbonyl (C=O) groups excluding carboxylic acids is 1. The Hall–Kier alpha value is -2.88. The quantitative estimate of drug-likeness (QED) is 0.518. The van der Waals surface area contributed by atoms with E-state index in [1.807, 2.05) is 0 Å². The van der Waals surface area contributed by atoms with Crippen molar-refractivity contribution in [2.75, 3.05) is 5.32 Å². The number of carbonyl (C=O) groups is 1. The average Bonchev–Trinajstić information content (AvgIpc) is 3.34. The summed E-state index contributed by atoms with van der Waals surface area (Å²) in [5.74, 6) is -0.646.